The zero-order chi connectivity index (χ0) is 18.8. The van der Waals surface area contributed by atoms with Crippen LogP contribution in [0.15, 0.2) is 48.7 Å². The van der Waals surface area contributed by atoms with E-state index in [2.05, 4.69) is 15.1 Å². The molecule has 0 bridgehead atoms. The fourth-order valence-electron chi connectivity index (χ4n) is 3.42. The number of aromatic nitrogens is 2. The van der Waals surface area contributed by atoms with Gasteiger partial charge >= 0.3 is 0 Å². The van der Waals surface area contributed by atoms with Crippen LogP contribution in [0, 0.1) is 17.5 Å². The van der Waals surface area contributed by atoms with Gasteiger partial charge in [-0.1, -0.05) is 0 Å². The maximum atomic E-state index is 14.0. The molecular formula is C20H19F3N4. The number of H-pyrrole nitrogens is 1. The molecule has 140 valence electrons. The monoisotopic (exact) mass is 372 g/mol. The molecule has 1 aliphatic heterocycles. The molecule has 4 nitrogen and oxygen atoms in total. The van der Waals surface area contributed by atoms with Crippen LogP contribution in [-0.4, -0.2) is 41.3 Å². The molecule has 0 aliphatic carbocycles. The predicted molar refractivity (Wildman–Crippen MR) is 97.8 cm³/mol. The number of anilines is 1. The molecule has 1 fully saturated rings. The lowest BCUT2D eigenvalue weighted by Crippen LogP contribution is -2.46. The van der Waals surface area contributed by atoms with Gasteiger partial charge in [-0.15, -0.1) is 0 Å². The molecule has 1 N–H and O–H groups in total. The minimum Gasteiger partial charge on any atom is -0.367 e. The zero-order valence-electron chi connectivity index (χ0n) is 14.6. The number of aromatic amines is 1. The number of benzene rings is 2. The van der Waals surface area contributed by atoms with Crippen molar-refractivity contribution < 1.29 is 13.2 Å². The highest BCUT2D eigenvalue weighted by molar-refractivity contribution is 5.62. The minimum absolute atomic E-state index is 0.274. The first-order chi connectivity index (χ1) is 13.1. The van der Waals surface area contributed by atoms with Crippen molar-refractivity contribution in [1.29, 1.82) is 0 Å². The first kappa shape index (κ1) is 17.6. The van der Waals surface area contributed by atoms with E-state index in [1.165, 1.54) is 24.3 Å². The summed E-state index contributed by atoms with van der Waals surface area (Å²) < 4.78 is 40.2. The van der Waals surface area contributed by atoms with E-state index in [-0.39, 0.29) is 5.82 Å². The van der Waals surface area contributed by atoms with Gasteiger partial charge in [-0.3, -0.25) is 10.00 Å². The maximum Gasteiger partial charge on any atom is 0.149 e. The SMILES string of the molecule is Fc1ccc(-c2[nH]ncc2CN2CCN(c3ccc(F)cc3F)CC2)cc1. The number of piperazine rings is 1. The van der Waals surface area contributed by atoms with Crippen LogP contribution < -0.4 is 4.90 Å². The van der Waals surface area contributed by atoms with Crippen molar-refractivity contribution in [3.8, 4) is 11.3 Å². The second kappa shape index (κ2) is 7.44. The summed E-state index contributed by atoms with van der Waals surface area (Å²) in [5, 5.41) is 7.11. The summed E-state index contributed by atoms with van der Waals surface area (Å²) in [4.78, 5) is 4.19. The van der Waals surface area contributed by atoms with Gasteiger partial charge in [-0.2, -0.15) is 5.10 Å². The number of hydrogen-bond donors (Lipinski definition) is 1. The summed E-state index contributed by atoms with van der Waals surface area (Å²) in [6.45, 7) is 3.53. The highest BCUT2D eigenvalue weighted by atomic mass is 19.1. The quantitative estimate of drug-likeness (QED) is 0.756. The van der Waals surface area contributed by atoms with Crippen molar-refractivity contribution in [2.45, 2.75) is 6.54 Å². The minimum atomic E-state index is -0.567. The molecule has 1 saturated heterocycles. The van der Waals surface area contributed by atoms with Crippen LogP contribution in [-0.2, 0) is 6.54 Å². The Hall–Kier alpha value is -2.80. The summed E-state index contributed by atoms with van der Waals surface area (Å²) in [6.07, 6.45) is 1.78. The van der Waals surface area contributed by atoms with E-state index < -0.39 is 11.6 Å². The van der Waals surface area contributed by atoms with Gasteiger partial charge in [0.15, 0.2) is 0 Å². The Kier molecular flexibility index (Phi) is 4.85. The Morgan fingerprint density at radius 2 is 1.59 bits per heavy atom. The smallest absolute Gasteiger partial charge is 0.149 e. The van der Waals surface area contributed by atoms with Crippen molar-refractivity contribution in [3.63, 3.8) is 0 Å². The third-order valence-corrected chi connectivity index (χ3v) is 4.87. The summed E-state index contributed by atoms with van der Waals surface area (Å²) in [5.41, 5.74) is 3.23. The van der Waals surface area contributed by atoms with Crippen LogP contribution in [0.5, 0.6) is 0 Å². The Morgan fingerprint density at radius 3 is 2.30 bits per heavy atom. The first-order valence-corrected chi connectivity index (χ1v) is 8.81. The van der Waals surface area contributed by atoms with E-state index >= 15 is 0 Å². The molecule has 2 heterocycles. The van der Waals surface area contributed by atoms with Crippen molar-refractivity contribution in [1.82, 2.24) is 15.1 Å². The third kappa shape index (κ3) is 3.83. The predicted octanol–water partition coefficient (Wildman–Crippen LogP) is 3.82. The molecule has 2 aromatic carbocycles. The van der Waals surface area contributed by atoms with E-state index in [1.54, 1.807) is 18.3 Å². The summed E-state index contributed by atoms with van der Waals surface area (Å²) in [5.74, 6) is -1.37. The summed E-state index contributed by atoms with van der Waals surface area (Å²) >= 11 is 0. The van der Waals surface area contributed by atoms with E-state index in [1.807, 2.05) is 4.90 Å². The van der Waals surface area contributed by atoms with Gasteiger partial charge in [0.05, 0.1) is 17.6 Å². The van der Waals surface area contributed by atoms with Crippen molar-refractivity contribution in [2.24, 2.45) is 0 Å². The summed E-state index contributed by atoms with van der Waals surface area (Å²) in [7, 11) is 0. The van der Waals surface area contributed by atoms with Crippen molar-refractivity contribution >= 4 is 5.69 Å². The third-order valence-electron chi connectivity index (χ3n) is 4.87. The Morgan fingerprint density at radius 1 is 0.889 bits per heavy atom. The van der Waals surface area contributed by atoms with Crippen LogP contribution in [0.25, 0.3) is 11.3 Å². The molecule has 0 atom stereocenters. The molecule has 1 aliphatic rings. The maximum absolute atomic E-state index is 14.0. The van der Waals surface area contributed by atoms with Crippen LogP contribution in [0.3, 0.4) is 0 Å². The van der Waals surface area contributed by atoms with Crippen LogP contribution >= 0.6 is 0 Å². The Balaban J connectivity index is 1.41. The molecule has 0 unspecified atom stereocenters. The normalized spacial score (nSPS) is 15.3. The fourth-order valence-corrected chi connectivity index (χ4v) is 3.42. The zero-order valence-corrected chi connectivity index (χ0v) is 14.6. The van der Waals surface area contributed by atoms with E-state index in [0.717, 1.165) is 36.0 Å². The highest BCUT2D eigenvalue weighted by Crippen LogP contribution is 2.25. The van der Waals surface area contributed by atoms with Crippen LogP contribution in [0.1, 0.15) is 5.56 Å². The average molecular weight is 372 g/mol. The topological polar surface area (TPSA) is 35.2 Å². The number of nitrogens with zero attached hydrogens (tertiary/aromatic N) is 3. The Bertz CT molecular complexity index is 915. The van der Waals surface area contributed by atoms with E-state index in [0.29, 0.717) is 25.3 Å². The molecule has 0 spiro atoms. The number of nitrogens with one attached hydrogen (secondary N) is 1. The van der Waals surface area contributed by atoms with Gasteiger partial charge in [0, 0.05) is 49.9 Å². The lowest BCUT2D eigenvalue weighted by molar-refractivity contribution is 0.249. The van der Waals surface area contributed by atoms with Gasteiger partial charge in [-0.05, 0) is 36.4 Å². The summed E-state index contributed by atoms with van der Waals surface area (Å²) in [6, 6.07) is 9.99. The molecule has 7 heteroatoms. The van der Waals surface area contributed by atoms with E-state index in [9.17, 15) is 13.2 Å². The number of rotatable bonds is 4. The Labute approximate surface area is 155 Å². The fraction of sp³-hybridized carbons (Fsp3) is 0.250. The molecule has 1 aromatic heterocycles. The lowest BCUT2D eigenvalue weighted by Gasteiger charge is -2.36. The average Bonchev–Trinajstić information content (AvgIpc) is 3.11. The van der Waals surface area contributed by atoms with Gasteiger partial charge in [0.25, 0.3) is 0 Å². The second-order valence-corrected chi connectivity index (χ2v) is 6.64. The molecule has 0 radical (unpaired) electrons. The lowest BCUT2D eigenvalue weighted by atomic mass is 10.1. The second-order valence-electron chi connectivity index (χ2n) is 6.64. The van der Waals surface area contributed by atoms with Crippen molar-refractivity contribution in [2.75, 3.05) is 31.1 Å². The van der Waals surface area contributed by atoms with Crippen molar-refractivity contribution in [3.05, 3.63) is 71.7 Å². The largest absolute Gasteiger partial charge is 0.367 e. The van der Waals surface area contributed by atoms with Gasteiger partial charge < -0.3 is 4.90 Å². The standard InChI is InChI=1S/C20H19F3N4/c21-16-3-1-14(2-4-16)20-15(12-24-25-20)13-26-7-9-27(10-8-26)19-6-5-17(22)11-18(19)23/h1-6,11-12H,7-10,13H2,(H,24,25). The first-order valence-electron chi connectivity index (χ1n) is 8.81. The van der Waals surface area contributed by atoms with Crippen LogP contribution in [0.4, 0.5) is 18.9 Å². The molecule has 0 saturated carbocycles. The van der Waals surface area contributed by atoms with Crippen LogP contribution in [0.2, 0.25) is 0 Å². The van der Waals surface area contributed by atoms with Gasteiger partial charge in [-0.25, -0.2) is 13.2 Å². The molecule has 0 amide bonds. The number of halogens is 3. The van der Waals surface area contributed by atoms with Gasteiger partial charge in [0.2, 0.25) is 0 Å². The molecular weight excluding hydrogens is 353 g/mol. The van der Waals surface area contributed by atoms with Gasteiger partial charge in [0.1, 0.15) is 17.5 Å². The molecule has 4 rings (SSSR count). The molecule has 3 aromatic rings. The molecule has 27 heavy (non-hydrogen) atoms. The number of hydrogen-bond acceptors (Lipinski definition) is 3. The highest BCUT2D eigenvalue weighted by Gasteiger charge is 2.21. The van der Waals surface area contributed by atoms with E-state index in [4.69, 9.17) is 0 Å².